The Bertz CT molecular complexity index is 821. The van der Waals surface area contributed by atoms with Crippen molar-refractivity contribution in [3.05, 3.63) is 57.0 Å². The van der Waals surface area contributed by atoms with Gasteiger partial charge in [0.25, 0.3) is 10.0 Å². The van der Waals surface area contributed by atoms with E-state index < -0.39 is 10.0 Å². The Kier molecular flexibility index (Phi) is 5.10. The van der Waals surface area contributed by atoms with Crippen molar-refractivity contribution in [3.8, 4) is 5.75 Å². The van der Waals surface area contributed by atoms with Crippen molar-refractivity contribution >= 4 is 43.8 Å². The zero-order valence-electron chi connectivity index (χ0n) is 11.4. The third-order valence-corrected chi connectivity index (χ3v) is 5.15. The van der Waals surface area contributed by atoms with Gasteiger partial charge in [-0.1, -0.05) is 27.5 Å². The van der Waals surface area contributed by atoms with Gasteiger partial charge in [0.05, 0.1) is 11.1 Å². The standard InChI is InChI=1S/C14H12BrClN2O3S/c1-9-6-14(19)10(7-13(9)15)8-17-18-22(20,21)12-4-2-11(16)3-5-12/h2-8,18-19H,1H3/b17-8+. The molecule has 0 spiro atoms. The molecule has 5 nitrogen and oxygen atoms in total. The second-order valence-electron chi connectivity index (χ2n) is 4.47. The number of nitrogens with zero attached hydrogens (tertiary/aromatic N) is 1. The van der Waals surface area contributed by atoms with Gasteiger partial charge in [-0.3, -0.25) is 0 Å². The molecule has 0 saturated heterocycles. The van der Waals surface area contributed by atoms with Gasteiger partial charge in [-0.25, -0.2) is 4.83 Å². The van der Waals surface area contributed by atoms with E-state index in [1.807, 2.05) is 6.92 Å². The molecule has 2 aromatic rings. The van der Waals surface area contributed by atoms with Gasteiger partial charge in [0, 0.05) is 15.1 Å². The average molecular weight is 404 g/mol. The van der Waals surface area contributed by atoms with E-state index in [9.17, 15) is 13.5 Å². The molecule has 0 fully saturated rings. The number of phenols is 1. The highest BCUT2D eigenvalue weighted by Crippen LogP contribution is 2.24. The minimum atomic E-state index is -3.78. The average Bonchev–Trinajstić information content (AvgIpc) is 2.44. The number of hydrazone groups is 1. The Morgan fingerprint density at radius 3 is 2.55 bits per heavy atom. The molecule has 0 bridgehead atoms. The Morgan fingerprint density at radius 1 is 1.27 bits per heavy atom. The molecule has 0 unspecified atom stereocenters. The molecule has 0 aliphatic carbocycles. The molecule has 0 saturated carbocycles. The molecule has 0 aliphatic heterocycles. The number of benzene rings is 2. The summed E-state index contributed by atoms with van der Waals surface area (Å²) in [5.74, 6) is 0.00939. The summed E-state index contributed by atoms with van der Waals surface area (Å²) in [6.45, 7) is 1.83. The predicted molar refractivity (Wildman–Crippen MR) is 89.9 cm³/mol. The van der Waals surface area contributed by atoms with Gasteiger partial charge in [0.15, 0.2) is 0 Å². The molecule has 0 radical (unpaired) electrons. The normalized spacial score (nSPS) is 11.8. The first-order valence-electron chi connectivity index (χ1n) is 6.09. The molecule has 2 rings (SSSR count). The summed E-state index contributed by atoms with van der Waals surface area (Å²) in [5.41, 5.74) is 1.24. The van der Waals surface area contributed by atoms with Crippen LogP contribution in [0.1, 0.15) is 11.1 Å². The van der Waals surface area contributed by atoms with Crippen LogP contribution in [-0.4, -0.2) is 19.7 Å². The van der Waals surface area contributed by atoms with Crippen molar-refractivity contribution in [2.75, 3.05) is 0 Å². The number of phenolic OH excluding ortho intramolecular Hbond substituents is 1. The van der Waals surface area contributed by atoms with E-state index >= 15 is 0 Å². The smallest absolute Gasteiger partial charge is 0.276 e. The fraction of sp³-hybridized carbons (Fsp3) is 0.0714. The topological polar surface area (TPSA) is 78.8 Å². The van der Waals surface area contributed by atoms with Crippen LogP contribution in [0, 0.1) is 6.92 Å². The molecule has 0 amide bonds. The molecule has 8 heteroatoms. The monoisotopic (exact) mass is 402 g/mol. The first-order chi connectivity index (χ1) is 10.3. The molecule has 0 heterocycles. The van der Waals surface area contributed by atoms with Crippen LogP contribution in [0.5, 0.6) is 5.75 Å². The summed E-state index contributed by atoms with van der Waals surface area (Å²) in [5, 5.41) is 13.9. The number of aryl methyl sites for hydroxylation is 1. The van der Waals surface area contributed by atoms with Gasteiger partial charge in [0.2, 0.25) is 0 Å². The van der Waals surface area contributed by atoms with E-state index in [4.69, 9.17) is 11.6 Å². The maximum absolute atomic E-state index is 12.0. The van der Waals surface area contributed by atoms with Gasteiger partial charge >= 0.3 is 0 Å². The Morgan fingerprint density at radius 2 is 1.91 bits per heavy atom. The van der Waals surface area contributed by atoms with Gasteiger partial charge in [0.1, 0.15) is 5.75 Å². The van der Waals surface area contributed by atoms with Crippen LogP contribution in [0.3, 0.4) is 0 Å². The number of rotatable bonds is 4. The second-order valence-corrected chi connectivity index (χ2v) is 7.42. The maximum atomic E-state index is 12.0. The van der Waals surface area contributed by atoms with Crippen molar-refractivity contribution in [1.82, 2.24) is 4.83 Å². The number of nitrogens with one attached hydrogen (secondary N) is 1. The van der Waals surface area contributed by atoms with Crippen molar-refractivity contribution in [2.24, 2.45) is 5.10 Å². The van der Waals surface area contributed by atoms with E-state index in [-0.39, 0.29) is 10.6 Å². The molecule has 0 atom stereocenters. The SMILES string of the molecule is Cc1cc(O)c(/C=N/NS(=O)(=O)c2ccc(Cl)cc2)cc1Br. The van der Waals surface area contributed by atoms with Crippen LogP contribution in [0.25, 0.3) is 0 Å². The van der Waals surface area contributed by atoms with Gasteiger partial charge in [-0.2, -0.15) is 13.5 Å². The van der Waals surface area contributed by atoms with E-state index in [1.54, 1.807) is 12.1 Å². The Labute approximate surface area is 141 Å². The van der Waals surface area contributed by atoms with Crippen LogP contribution in [0.2, 0.25) is 5.02 Å². The van der Waals surface area contributed by atoms with Crippen molar-refractivity contribution < 1.29 is 13.5 Å². The summed E-state index contributed by atoms with van der Waals surface area (Å²) in [7, 11) is -3.78. The number of aromatic hydroxyl groups is 1. The van der Waals surface area contributed by atoms with E-state index in [0.29, 0.717) is 10.6 Å². The lowest BCUT2D eigenvalue weighted by atomic mass is 10.1. The highest BCUT2D eigenvalue weighted by Gasteiger charge is 2.12. The highest BCUT2D eigenvalue weighted by atomic mass is 79.9. The maximum Gasteiger partial charge on any atom is 0.276 e. The molecular formula is C14H12BrClN2O3S. The zero-order valence-corrected chi connectivity index (χ0v) is 14.6. The molecule has 0 aliphatic rings. The largest absolute Gasteiger partial charge is 0.507 e. The fourth-order valence-electron chi connectivity index (χ4n) is 1.62. The number of hydrogen-bond acceptors (Lipinski definition) is 4. The van der Waals surface area contributed by atoms with Gasteiger partial charge in [-0.15, -0.1) is 0 Å². The minimum Gasteiger partial charge on any atom is -0.507 e. The predicted octanol–water partition coefficient (Wildman–Crippen LogP) is 3.43. The summed E-state index contributed by atoms with van der Waals surface area (Å²) >= 11 is 9.05. The van der Waals surface area contributed by atoms with E-state index in [2.05, 4.69) is 25.9 Å². The van der Waals surface area contributed by atoms with Crippen LogP contribution in [-0.2, 0) is 10.0 Å². The summed E-state index contributed by atoms with van der Waals surface area (Å²) in [4.78, 5) is 2.12. The van der Waals surface area contributed by atoms with Crippen LogP contribution in [0.15, 0.2) is 50.9 Å². The van der Waals surface area contributed by atoms with Crippen LogP contribution in [0.4, 0.5) is 0 Å². The summed E-state index contributed by atoms with van der Waals surface area (Å²) in [6.07, 6.45) is 1.23. The number of halogens is 2. The van der Waals surface area contributed by atoms with Crippen molar-refractivity contribution in [2.45, 2.75) is 11.8 Å². The molecule has 2 aromatic carbocycles. The molecule has 2 N–H and O–H groups in total. The van der Waals surface area contributed by atoms with Crippen molar-refractivity contribution in [3.63, 3.8) is 0 Å². The molecule has 22 heavy (non-hydrogen) atoms. The summed E-state index contributed by atoms with van der Waals surface area (Å²) < 4.78 is 24.8. The lowest BCUT2D eigenvalue weighted by molar-refractivity contribution is 0.474. The lowest BCUT2D eigenvalue weighted by Crippen LogP contribution is -2.18. The Hall–Kier alpha value is -1.57. The van der Waals surface area contributed by atoms with Gasteiger partial charge in [-0.05, 0) is 48.9 Å². The van der Waals surface area contributed by atoms with E-state index in [1.165, 1.54) is 30.5 Å². The first kappa shape index (κ1) is 16.8. The lowest BCUT2D eigenvalue weighted by Gasteiger charge is -2.05. The quantitative estimate of drug-likeness (QED) is 0.606. The molecular weight excluding hydrogens is 392 g/mol. The van der Waals surface area contributed by atoms with Gasteiger partial charge < -0.3 is 5.11 Å². The highest BCUT2D eigenvalue weighted by molar-refractivity contribution is 9.10. The third-order valence-electron chi connectivity index (χ3n) is 2.81. The minimum absolute atomic E-state index is 0.00939. The fourth-order valence-corrected chi connectivity index (χ4v) is 2.90. The Balaban J connectivity index is 2.18. The second kappa shape index (κ2) is 6.68. The number of sulfonamides is 1. The van der Waals surface area contributed by atoms with E-state index in [0.717, 1.165) is 10.0 Å². The first-order valence-corrected chi connectivity index (χ1v) is 8.74. The van der Waals surface area contributed by atoms with Crippen molar-refractivity contribution in [1.29, 1.82) is 0 Å². The number of hydrogen-bond donors (Lipinski definition) is 2. The zero-order chi connectivity index (χ0) is 16.3. The molecule has 116 valence electrons. The molecule has 0 aromatic heterocycles. The summed E-state index contributed by atoms with van der Waals surface area (Å²) in [6, 6.07) is 8.90. The van der Waals surface area contributed by atoms with Crippen LogP contribution >= 0.6 is 27.5 Å². The van der Waals surface area contributed by atoms with Crippen LogP contribution < -0.4 is 4.83 Å². The third kappa shape index (κ3) is 4.00.